The quantitative estimate of drug-likeness (QED) is 0.610. The van der Waals surface area contributed by atoms with Gasteiger partial charge in [-0.1, -0.05) is 13.3 Å². The Bertz CT molecular complexity index is 164. The van der Waals surface area contributed by atoms with Crippen molar-refractivity contribution in [3.63, 3.8) is 0 Å². The van der Waals surface area contributed by atoms with Gasteiger partial charge < -0.3 is 4.90 Å². The highest BCUT2D eigenvalue weighted by Crippen LogP contribution is 2.47. The van der Waals surface area contributed by atoms with Gasteiger partial charge in [-0.15, -0.1) is 0 Å². The fourth-order valence-electron chi connectivity index (χ4n) is 2.97. The van der Waals surface area contributed by atoms with E-state index in [1.54, 1.807) is 0 Å². The van der Waals surface area contributed by atoms with Gasteiger partial charge in [0.05, 0.1) is 0 Å². The molecule has 1 saturated heterocycles. The average Bonchev–Trinajstić information content (AvgIpc) is 2.30. The van der Waals surface area contributed by atoms with Gasteiger partial charge in [0.15, 0.2) is 0 Å². The van der Waals surface area contributed by atoms with Crippen LogP contribution in [0.3, 0.4) is 0 Å². The highest BCUT2D eigenvalue weighted by molar-refractivity contribution is 4.97. The molecule has 2 fully saturated rings. The lowest BCUT2D eigenvalue weighted by atomic mass is 9.66. The van der Waals surface area contributed by atoms with E-state index in [9.17, 15) is 0 Å². The monoisotopic (exact) mass is 167 g/mol. The number of rotatable bonds is 2. The van der Waals surface area contributed by atoms with Crippen molar-refractivity contribution >= 4 is 0 Å². The number of hydrogen-bond donors (Lipinski definition) is 0. The highest BCUT2D eigenvalue weighted by atomic mass is 15.2. The van der Waals surface area contributed by atoms with Gasteiger partial charge in [0.25, 0.3) is 0 Å². The van der Waals surface area contributed by atoms with Gasteiger partial charge in [-0.3, -0.25) is 0 Å². The van der Waals surface area contributed by atoms with Crippen molar-refractivity contribution in [2.45, 2.75) is 39.7 Å². The third-order valence-electron chi connectivity index (χ3n) is 3.99. The predicted octanol–water partition coefficient (Wildman–Crippen LogP) is 2.37. The molecule has 0 radical (unpaired) electrons. The second kappa shape index (κ2) is 3.02. The Labute approximate surface area is 76.1 Å². The predicted molar refractivity (Wildman–Crippen MR) is 52.1 cm³/mol. The molecule has 70 valence electrons. The van der Waals surface area contributed by atoms with Crippen LogP contribution in [0.5, 0.6) is 0 Å². The van der Waals surface area contributed by atoms with Gasteiger partial charge in [-0.25, -0.2) is 0 Å². The molecule has 1 nitrogen and oxygen atoms in total. The van der Waals surface area contributed by atoms with Crippen molar-refractivity contribution < 1.29 is 0 Å². The summed E-state index contributed by atoms with van der Waals surface area (Å²) in [6.07, 6.45) is 2.93. The molecule has 2 aliphatic rings. The van der Waals surface area contributed by atoms with Crippen LogP contribution >= 0.6 is 0 Å². The molecule has 1 saturated carbocycles. The molecule has 0 bridgehead atoms. The van der Waals surface area contributed by atoms with Crippen molar-refractivity contribution in [1.82, 2.24) is 4.90 Å². The van der Waals surface area contributed by atoms with Gasteiger partial charge >= 0.3 is 0 Å². The van der Waals surface area contributed by atoms with Crippen LogP contribution < -0.4 is 0 Å². The molecule has 0 N–H and O–H groups in total. The summed E-state index contributed by atoms with van der Waals surface area (Å²) in [5.41, 5.74) is 0. The van der Waals surface area contributed by atoms with E-state index in [2.05, 4.69) is 25.7 Å². The molecule has 0 aromatic carbocycles. The average molecular weight is 167 g/mol. The molecule has 12 heavy (non-hydrogen) atoms. The molecule has 1 aliphatic heterocycles. The summed E-state index contributed by atoms with van der Waals surface area (Å²) >= 11 is 0. The maximum Gasteiger partial charge on any atom is 0.00388 e. The van der Waals surface area contributed by atoms with Crippen LogP contribution in [-0.4, -0.2) is 24.0 Å². The van der Waals surface area contributed by atoms with E-state index in [4.69, 9.17) is 0 Å². The third-order valence-corrected chi connectivity index (χ3v) is 3.99. The van der Waals surface area contributed by atoms with Crippen molar-refractivity contribution in [1.29, 1.82) is 0 Å². The summed E-state index contributed by atoms with van der Waals surface area (Å²) in [6.45, 7) is 9.77. The lowest BCUT2D eigenvalue weighted by Crippen LogP contribution is -2.34. The largest absolute Gasteiger partial charge is 0.300 e. The molecular weight excluding hydrogens is 146 g/mol. The minimum absolute atomic E-state index is 0.771. The molecule has 1 aliphatic carbocycles. The van der Waals surface area contributed by atoms with E-state index < -0.39 is 0 Å². The minimum Gasteiger partial charge on any atom is -0.300 e. The second-order valence-electron chi connectivity index (χ2n) is 4.88. The molecule has 0 spiro atoms. The van der Waals surface area contributed by atoms with Gasteiger partial charge in [0.2, 0.25) is 0 Å². The number of likely N-dealkylation sites (tertiary alicyclic amines) is 1. The zero-order valence-electron chi connectivity index (χ0n) is 8.59. The zero-order valence-corrected chi connectivity index (χ0v) is 8.59. The van der Waals surface area contributed by atoms with Crippen LogP contribution in [0.4, 0.5) is 0 Å². The Hall–Kier alpha value is -0.0400. The van der Waals surface area contributed by atoms with E-state index in [-0.39, 0.29) is 0 Å². The lowest BCUT2D eigenvalue weighted by molar-refractivity contribution is 0.117. The first kappa shape index (κ1) is 8.55. The topological polar surface area (TPSA) is 3.24 Å². The molecule has 1 heterocycles. The molecule has 3 unspecified atom stereocenters. The fraction of sp³-hybridized carbons (Fsp3) is 1.00. The summed E-state index contributed by atoms with van der Waals surface area (Å²) in [6, 6.07) is 0.771. The first-order chi connectivity index (χ1) is 5.72. The van der Waals surface area contributed by atoms with Gasteiger partial charge in [-0.2, -0.15) is 0 Å². The first-order valence-electron chi connectivity index (χ1n) is 5.46. The van der Waals surface area contributed by atoms with Gasteiger partial charge in [-0.05, 0) is 38.0 Å². The maximum atomic E-state index is 2.66. The van der Waals surface area contributed by atoms with Crippen LogP contribution in [0, 0.1) is 17.8 Å². The van der Waals surface area contributed by atoms with Crippen LogP contribution in [0.15, 0.2) is 0 Å². The molecular formula is C11H21N. The number of nitrogens with zero attached hydrogens (tertiary/aromatic N) is 1. The lowest BCUT2D eigenvalue weighted by Gasteiger charge is -2.39. The summed E-state index contributed by atoms with van der Waals surface area (Å²) in [4.78, 5) is 2.66. The Kier molecular flexibility index (Phi) is 2.16. The molecule has 0 amide bonds. The van der Waals surface area contributed by atoms with E-state index >= 15 is 0 Å². The molecule has 1 heteroatoms. The molecule has 0 aromatic rings. The summed E-state index contributed by atoms with van der Waals surface area (Å²) in [5.74, 6) is 3.20. The molecule has 0 aromatic heterocycles. The summed E-state index contributed by atoms with van der Waals surface area (Å²) in [7, 11) is 0. The Morgan fingerprint density at radius 2 is 2.08 bits per heavy atom. The van der Waals surface area contributed by atoms with E-state index in [1.807, 2.05) is 0 Å². The Balaban J connectivity index is 1.90. The first-order valence-corrected chi connectivity index (χ1v) is 5.46. The van der Waals surface area contributed by atoms with Gasteiger partial charge in [0.1, 0.15) is 0 Å². The summed E-state index contributed by atoms with van der Waals surface area (Å²) in [5, 5.41) is 0. The minimum atomic E-state index is 0.771. The van der Waals surface area contributed by atoms with Crippen molar-refractivity contribution in [3.05, 3.63) is 0 Å². The van der Waals surface area contributed by atoms with Crippen LogP contribution in [-0.2, 0) is 0 Å². The maximum absolute atomic E-state index is 2.66. The molecule has 2 rings (SSSR count). The third kappa shape index (κ3) is 1.19. The van der Waals surface area contributed by atoms with Crippen LogP contribution in [0.2, 0.25) is 0 Å². The van der Waals surface area contributed by atoms with E-state index in [0.717, 1.165) is 23.8 Å². The fourth-order valence-corrected chi connectivity index (χ4v) is 2.97. The Morgan fingerprint density at radius 3 is 2.67 bits per heavy atom. The van der Waals surface area contributed by atoms with Crippen molar-refractivity contribution in [3.8, 4) is 0 Å². The van der Waals surface area contributed by atoms with Gasteiger partial charge in [0, 0.05) is 19.1 Å². The second-order valence-corrected chi connectivity index (χ2v) is 4.88. The smallest absolute Gasteiger partial charge is 0.00388 e. The van der Waals surface area contributed by atoms with E-state index in [0.29, 0.717) is 0 Å². The van der Waals surface area contributed by atoms with Crippen molar-refractivity contribution in [2.24, 2.45) is 17.8 Å². The standard InChI is InChI=1S/C11H21N/c1-4-9-5-10-6-12(8(2)3)7-11(9)10/h8-11H,4-7H2,1-3H3. The number of hydrogen-bond acceptors (Lipinski definition) is 1. The normalized spacial score (nSPS) is 41.5. The highest BCUT2D eigenvalue weighted by Gasteiger charge is 2.45. The zero-order chi connectivity index (χ0) is 8.72. The SMILES string of the molecule is CCC1CC2CN(C(C)C)CC12. The summed E-state index contributed by atoms with van der Waals surface area (Å²) < 4.78 is 0. The van der Waals surface area contributed by atoms with Crippen LogP contribution in [0.25, 0.3) is 0 Å². The van der Waals surface area contributed by atoms with Crippen molar-refractivity contribution in [2.75, 3.05) is 13.1 Å². The van der Waals surface area contributed by atoms with E-state index in [1.165, 1.54) is 25.9 Å². The van der Waals surface area contributed by atoms with Crippen LogP contribution in [0.1, 0.15) is 33.6 Å². The Morgan fingerprint density at radius 1 is 1.33 bits per heavy atom. The molecule has 3 atom stereocenters. The number of fused-ring (bicyclic) bond motifs is 1.